The monoisotopic (exact) mass is 254 g/mol. The van der Waals surface area contributed by atoms with E-state index in [4.69, 9.17) is 9.81 Å². The first-order chi connectivity index (χ1) is 8.04. The normalized spacial score (nSPS) is 18.9. The molecule has 92 valence electrons. The summed E-state index contributed by atoms with van der Waals surface area (Å²) >= 11 is 0. The highest BCUT2D eigenvalue weighted by Crippen LogP contribution is 2.05. The third-order valence-electron chi connectivity index (χ3n) is 2.26. The maximum Gasteiger partial charge on any atom is 0.294 e. The van der Waals surface area contributed by atoms with Crippen molar-refractivity contribution in [3.8, 4) is 6.07 Å². The van der Waals surface area contributed by atoms with Crippen LogP contribution in [0.3, 0.4) is 0 Å². The number of nitrogens with zero attached hydrogens (tertiary/aromatic N) is 1. The Morgan fingerprint density at radius 3 is 2.29 bits per heavy atom. The molecule has 1 unspecified atom stereocenters. The van der Waals surface area contributed by atoms with Crippen molar-refractivity contribution >= 4 is 10.1 Å². The molecule has 5 nitrogen and oxygen atoms in total. The minimum absolute atomic E-state index is 0.0741. The predicted octanol–water partition coefficient (Wildman–Crippen LogP) is 1.20. The summed E-state index contributed by atoms with van der Waals surface area (Å²) in [5, 5.41) is 11.3. The molecule has 1 aliphatic rings. The van der Waals surface area contributed by atoms with Gasteiger partial charge in [0.15, 0.2) is 0 Å². The van der Waals surface area contributed by atoms with Crippen LogP contribution in [-0.4, -0.2) is 25.6 Å². The molecule has 6 heteroatoms. The Morgan fingerprint density at radius 2 is 2.00 bits per heavy atom. The van der Waals surface area contributed by atoms with Crippen molar-refractivity contribution in [3.05, 3.63) is 30.3 Å². The Bertz CT molecular complexity index is 473. The molecular weight excluding hydrogens is 240 g/mol. The second kappa shape index (κ2) is 6.35. The van der Waals surface area contributed by atoms with Crippen LogP contribution in [0, 0.1) is 11.3 Å². The summed E-state index contributed by atoms with van der Waals surface area (Å²) in [6.45, 7) is 1.03. The Labute approximate surface area is 101 Å². The molecule has 1 aromatic rings. The number of rotatable bonds is 1. The van der Waals surface area contributed by atoms with Crippen LogP contribution in [0.15, 0.2) is 35.2 Å². The SMILES string of the molecule is N#CC1CCCN1.O=S(=O)(O)c1ccccc1. The minimum atomic E-state index is -4.00. The maximum atomic E-state index is 10.4. The highest BCUT2D eigenvalue weighted by atomic mass is 32.2. The lowest BCUT2D eigenvalue weighted by Crippen LogP contribution is -2.18. The molecule has 17 heavy (non-hydrogen) atoms. The highest BCUT2D eigenvalue weighted by molar-refractivity contribution is 7.85. The molecule has 0 aromatic heterocycles. The fourth-order valence-electron chi connectivity index (χ4n) is 1.39. The number of benzene rings is 1. The number of hydrogen-bond donors (Lipinski definition) is 2. The van der Waals surface area contributed by atoms with Crippen molar-refractivity contribution in [1.82, 2.24) is 5.32 Å². The van der Waals surface area contributed by atoms with Gasteiger partial charge in [-0.3, -0.25) is 4.55 Å². The smallest absolute Gasteiger partial charge is 0.294 e. The molecule has 1 atom stereocenters. The zero-order valence-corrected chi connectivity index (χ0v) is 10.0. The van der Waals surface area contributed by atoms with Crippen LogP contribution < -0.4 is 5.32 Å². The van der Waals surface area contributed by atoms with E-state index < -0.39 is 10.1 Å². The number of nitrogens with one attached hydrogen (secondary N) is 1. The summed E-state index contributed by atoms with van der Waals surface area (Å²) in [5.74, 6) is 0. The second-order valence-electron chi connectivity index (χ2n) is 3.57. The van der Waals surface area contributed by atoms with Crippen LogP contribution in [0.25, 0.3) is 0 Å². The van der Waals surface area contributed by atoms with Gasteiger partial charge in [-0.2, -0.15) is 13.7 Å². The zero-order valence-electron chi connectivity index (χ0n) is 9.20. The Morgan fingerprint density at radius 1 is 1.35 bits per heavy atom. The third-order valence-corrected chi connectivity index (χ3v) is 3.13. The molecule has 0 radical (unpaired) electrons. The zero-order chi connectivity index (χ0) is 12.7. The van der Waals surface area contributed by atoms with Gasteiger partial charge in [0.1, 0.15) is 0 Å². The maximum absolute atomic E-state index is 10.4. The molecule has 1 aromatic carbocycles. The lowest BCUT2D eigenvalue weighted by molar-refractivity contribution is 0.483. The Kier molecular flexibility index (Phi) is 5.10. The summed E-state index contributed by atoms with van der Waals surface area (Å²) in [7, 11) is -4.00. The first kappa shape index (κ1) is 13.6. The van der Waals surface area contributed by atoms with Crippen LogP contribution in [0.1, 0.15) is 12.8 Å². The molecule has 1 fully saturated rings. The van der Waals surface area contributed by atoms with E-state index >= 15 is 0 Å². The number of hydrogen-bond acceptors (Lipinski definition) is 4. The van der Waals surface area contributed by atoms with Gasteiger partial charge in [-0.1, -0.05) is 18.2 Å². The first-order valence-corrected chi connectivity index (χ1v) is 6.63. The summed E-state index contributed by atoms with van der Waals surface area (Å²) in [4.78, 5) is -0.0741. The van der Waals surface area contributed by atoms with Gasteiger partial charge < -0.3 is 5.32 Å². The van der Waals surface area contributed by atoms with E-state index in [1.165, 1.54) is 12.1 Å². The molecular formula is C11H14N2O3S. The topological polar surface area (TPSA) is 90.2 Å². The van der Waals surface area contributed by atoms with Crippen molar-refractivity contribution in [1.29, 1.82) is 5.26 Å². The average Bonchev–Trinajstić information content (AvgIpc) is 2.83. The van der Waals surface area contributed by atoms with Gasteiger partial charge in [0.2, 0.25) is 0 Å². The van der Waals surface area contributed by atoms with Gasteiger partial charge in [-0.25, -0.2) is 0 Å². The molecule has 0 bridgehead atoms. The molecule has 2 rings (SSSR count). The molecule has 0 aliphatic carbocycles. The fraction of sp³-hybridized carbons (Fsp3) is 0.364. The number of nitriles is 1. The largest absolute Gasteiger partial charge is 0.302 e. The van der Waals surface area contributed by atoms with Crippen LogP contribution in [0.5, 0.6) is 0 Å². The molecule has 0 saturated carbocycles. The fourth-order valence-corrected chi connectivity index (χ4v) is 1.89. The average molecular weight is 254 g/mol. The predicted molar refractivity (Wildman–Crippen MR) is 62.9 cm³/mol. The molecule has 0 amide bonds. The van der Waals surface area contributed by atoms with Crippen LogP contribution in [0.4, 0.5) is 0 Å². The highest BCUT2D eigenvalue weighted by Gasteiger charge is 2.10. The molecule has 1 aliphatic heterocycles. The lowest BCUT2D eigenvalue weighted by Gasteiger charge is -1.92. The van der Waals surface area contributed by atoms with Gasteiger partial charge in [0.25, 0.3) is 10.1 Å². The van der Waals surface area contributed by atoms with E-state index in [0.29, 0.717) is 0 Å². The van der Waals surface area contributed by atoms with Gasteiger partial charge in [0, 0.05) is 0 Å². The van der Waals surface area contributed by atoms with Crippen LogP contribution >= 0.6 is 0 Å². The van der Waals surface area contributed by atoms with Crippen molar-refractivity contribution in [2.75, 3.05) is 6.54 Å². The van der Waals surface area contributed by atoms with E-state index in [-0.39, 0.29) is 10.9 Å². The third kappa shape index (κ3) is 4.95. The first-order valence-electron chi connectivity index (χ1n) is 5.19. The van der Waals surface area contributed by atoms with Crippen molar-refractivity contribution in [2.24, 2.45) is 0 Å². The quantitative estimate of drug-likeness (QED) is 0.735. The minimum Gasteiger partial charge on any atom is -0.302 e. The molecule has 1 heterocycles. The standard InChI is InChI=1S/C6H6O3S.C5H8N2/c7-10(8,9)6-4-2-1-3-5-6;6-4-5-2-1-3-7-5/h1-5H,(H,7,8,9);5,7H,1-3H2. The van der Waals surface area contributed by atoms with Crippen LogP contribution in [0.2, 0.25) is 0 Å². The van der Waals surface area contributed by atoms with E-state index in [1.54, 1.807) is 18.2 Å². The van der Waals surface area contributed by atoms with Crippen molar-refractivity contribution in [3.63, 3.8) is 0 Å². The van der Waals surface area contributed by atoms with E-state index in [2.05, 4.69) is 11.4 Å². The molecule has 1 saturated heterocycles. The van der Waals surface area contributed by atoms with Crippen molar-refractivity contribution < 1.29 is 13.0 Å². The lowest BCUT2D eigenvalue weighted by atomic mass is 10.2. The summed E-state index contributed by atoms with van der Waals surface area (Å²) < 4.78 is 29.2. The van der Waals surface area contributed by atoms with Gasteiger partial charge in [-0.15, -0.1) is 0 Å². The van der Waals surface area contributed by atoms with E-state index in [0.717, 1.165) is 19.4 Å². The van der Waals surface area contributed by atoms with E-state index in [9.17, 15) is 8.42 Å². The molecule has 0 spiro atoms. The van der Waals surface area contributed by atoms with Crippen molar-refractivity contribution in [2.45, 2.75) is 23.8 Å². The summed E-state index contributed by atoms with van der Waals surface area (Å²) in [5.41, 5.74) is 0. The van der Waals surface area contributed by atoms with Gasteiger partial charge in [-0.05, 0) is 31.5 Å². The second-order valence-corrected chi connectivity index (χ2v) is 4.99. The summed E-state index contributed by atoms with van der Waals surface area (Å²) in [6.07, 6.45) is 2.20. The summed E-state index contributed by atoms with van der Waals surface area (Å²) in [6, 6.07) is 9.73. The van der Waals surface area contributed by atoms with Gasteiger partial charge in [0.05, 0.1) is 17.0 Å². The Balaban J connectivity index is 0.000000181. The van der Waals surface area contributed by atoms with E-state index in [1.807, 2.05) is 0 Å². The molecule has 2 N–H and O–H groups in total. The Hall–Kier alpha value is -1.42. The van der Waals surface area contributed by atoms with Gasteiger partial charge >= 0.3 is 0 Å². The van der Waals surface area contributed by atoms with Crippen LogP contribution in [-0.2, 0) is 10.1 Å².